The average molecular weight is 403 g/mol. The molecule has 130 valence electrons. The fourth-order valence-corrected chi connectivity index (χ4v) is 156. The van der Waals surface area contributed by atoms with Crippen LogP contribution in [0.3, 0.4) is 0 Å². The molecule has 3 aliphatic heterocycles. The maximum absolute atomic E-state index is 2.90. The van der Waals surface area contributed by atoms with Gasteiger partial charge in [-0.1, -0.05) is 96.7 Å². The second kappa shape index (κ2) is 4.52. The molecule has 0 saturated carbocycles. The lowest BCUT2D eigenvalue weighted by molar-refractivity contribution is 0.850. The first kappa shape index (κ1) is 19.6. The highest BCUT2D eigenvalue weighted by Crippen LogP contribution is 2.75. The SMILES string of the molecule is CCC12[Si](C)(C)[Si](C)(C)C([Si](C)(C)[Si]1(C)C)[Si](C)(C)[Si]2(C)C. The predicted octanol–water partition coefficient (Wildman–Crippen LogP) is 6.18. The summed E-state index contributed by atoms with van der Waals surface area (Å²) in [6, 6.07) is 0. The molecule has 0 amide bonds. The van der Waals surface area contributed by atoms with E-state index in [0.717, 1.165) is 4.28 Å². The largest absolute Gasteiger partial charge is 0.0715 e. The summed E-state index contributed by atoms with van der Waals surface area (Å²) in [6.45, 7) is 37.3. The van der Waals surface area contributed by atoms with Crippen molar-refractivity contribution in [3.05, 3.63) is 0 Å². The number of fused-ring (bicyclic) bond motifs is 3. The van der Waals surface area contributed by atoms with Crippen molar-refractivity contribution < 1.29 is 0 Å². The first-order valence-corrected chi connectivity index (χ1v) is 30.7. The van der Waals surface area contributed by atoms with Crippen molar-refractivity contribution in [2.75, 3.05) is 0 Å². The normalized spacial score (nSPS) is 42.1. The summed E-state index contributed by atoms with van der Waals surface area (Å²) in [4.78, 5) is 1.31. The molecule has 3 rings (SSSR count). The summed E-state index contributed by atoms with van der Waals surface area (Å²) < 4.78 is 0.920. The van der Waals surface area contributed by atoms with Crippen LogP contribution in [0.15, 0.2) is 0 Å². The van der Waals surface area contributed by atoms with Crippen LogP contribution in [0, 0.1) is 0 Å². The molecular weight excluding hydrogens is 361 g/mol. The Hall–Kier alpha value is 1.30. The maximum atomic E-state index is 2.90. The standard InChI is InChI=1S/C16H42Si6/c1-14-16-20(8,9)17(2,3)15(18(4,5)21(16,10)11)19(6,7)22(16,12)13/h15H,14H2,1-13H3. The Morgan fingerprint density at radius 1 is 0.545 bits per heavy atom. The molecule has 3 saturated heterocycles. The second-order valence-corrected chi connectivity index (χ2v) is 62.2. The van der Waals surface area contributed by atoms with Gasteiger partial charge < -0.3 is 0 Å². The minimum Gasteiger partial charge on any atom is -0.0715 e. The third-order valence-corrected chi connectivity index (χ3v) is 102. The minimum atomic E-state index is -1.16. The van der Waals surface area contributed by atoms with E-state index in [1.165, 1.54) is 4.79 Å². The van der Waals surface area contributed by atoms with Crippen molar-refractivity contribution in [2.24, 2.45) is 0 Å². The van der Waals surface area contributed by atoms with E-state index in [1.807, 2.05) is 0 Å². The summed E-state index contributed by atoms with van der Waals surface area (Å²) in [7, 11) is -6.82. The van der Waals surface area contributed by atoms with Crippen LogP contribution in [0.5, 0.6) is 0 Å². The minimum absolute atomic E-state index is 0.920. The third kappa shape index (κ3) is 1.51. The molecule has 0 N–H and O–H groups in total. The maximum Gasteiger partial charge on any atom is 0.0415 e. The van der Waals surface area contributed by atoms with Crippen molar-refractivity contribution in [3.8, 4) is 0 Å². The van der Waals surface area contributed by atoms with Gasteiger partial charge in [0.05, 0.1) is 0 Å². The first-order valence-electron chi connectivity index (χ1n) is 9.43. The quantitative estimate of drug-likeness (QED) is 0.459. The lowest BCUT2D eigenvalue weighted by atomic mass is 10.5. The van der Waals surface area contributed by atoms with Crippen molar-refractivity contribution in [1.29, 1.82) is 0 Å². The van der Waals surface area contributed by atoms with Crippen LogP contribution in [-0.4, -0.2) is 45.5 Å². The van der Waals surface area contributed by atoms with Crippen LogP contribution in [0.1, 0.15) is 13.3 Å². The van der Waals surface area contributed by atoms with Crippen LogP contribution >= 0.6 is 0 Å². The Kier molecular flexibility index (Phi) is 4.03. The predicted molar refractivity (Wildman–Crippen MR) is 122 cm³/mol. The first-order chi connectivity index (χ1) is 9.43. The zero-order chi connectivity index (χ0) is 17.8. The van der Waals surface area contributed by atoms with E-state index < -0.39 is 45.5 Å². The van der Waals surface area contributed by atoms with E-state index in [0.29, 0.717) is 0 Å². The molecule has 0 nitrogen and oxygen atoms in total. The van der Waals surface area contributed by atoms with Gasteiger partial charge in [0, 0.05) is 45.5 Å². The zero-order valence-corrected chi connectivity index (χ0v) is 23.8. The Bertz CT molecular complexity index is 431. The average Bonchev–Trinajstić information content (AvgIpc) is 2.24. The Labute approximate surface area is 146 Å². The highest BCUT2D eigenvalue weighted by Gasteiger charge is 2.86. The number of rotatable bonds is 1. The van der Waals surface area contributed by atoms with E-state index in [9.17, 15) is 0 Å². The molecule has 0 atom stereocenters. The fraction of sp³-hybridized carbons (Fsp3) is 1.00. The monoisotopic (exact) mass is 402 g/mol. The van der Waals surface area contributed by atoms with E-state index in [-0.39, 0.29) is 0 Å². The van der Waals surface area contributed by atoms with Gasteiger partial charge in [-0.3, -0.25) is 0 Å². The second-order valence-electron chi connectivity index (χ2n) is 11.7. The van der Waals surface area contributed by atoms with E-state index in [4.69, 9.17) is 0 Å². The van der Waals surface area contributed by atoms with Crippen molar-refractivity contribution in [2.45, 2.75) is 101 Å². The van der Waals surface area contributed by atoms with Gasteiger partial charge in [-0.25, -0.2) is 0 Å². The van der Waals surface area contributed by atoms with Gasteiger partial charge in [-0.05, 0) is 4.28 Å². The molecule has 0 aliphatic carbocycles. The Balaban J connectivity index is 3.04. The molecule has 2 bridgehead atoms. The molecule has 0 aromatic rings. The number of hydrogen-bond acceptors (Lipinski definition) is 0. The van der Waals surface area contributed by atoms with Crippen molar-refractivity contribution in [1.82, 2.24) is 0 Å². The molecule has 3 fully saturated rings. The highest BCUT2D eigenvalue weighted by atomic mass is 29.4. The van der Waals surface area contributed by atoms with E-state index >= 15 is 0 Å². The molecular formula is C16H42Si6. The molecule has 3 aliphatic rings. The molecule has 3 heterocycles. The van der Waals surface area contributed by atoms with Gasteiger partial charge in [0.15, 0.2) is 0 Å². The lowest BCUT2D eigenvalue weighted by Gasteiger charge is -2.85. The van der Waals surface area contributed by atoms with Crippen molar-refractivity contribution in [3.63, 3.8) is 0 Å². The topological polar surface area (TPSA) is 0 Å². The molecule has 0 radical (unpaired) electrons. The molecule has 22 heavy (non-hydrogen) atoms. The Morgan fingerprint density at radius 2 is 0.773 bits per heavy atom. The number of hydrogen-bond donors (Lipinski definition) is 0. The van der Waals surface area contributed by atoms with Gasteiger partial charge in [0.25, 0.3) is 0 Å². The van der Waals surface area contributed by atoms with Gasteiger partial charge >= 0.3 is 0 Å². The van der Waals surface area contributed by atoms with Crippen LogP contribution < -0.4 is 0 Å². The summed E-state index contributed by atoms with van der Waals surface area (Å²) in [5.74, 6) is 0. The van der Waals surface area contributed by atoms with Gasteiger partial charge in [-0.15, -0.1) is 0 Å². The smallest absolute Gasteiger partial charge is 0.0415 e. The highest BCUT2D eigenvalue weighted by molar-refractivity contribution is 7.76. The van der Waals surface area contributed by atoms with Crippen molar-refractivity contribution >= 4 is 45.5 Å². The van der Waals surface area contributed by atoms with Crippen LogP contribution in [0.4, 0.5) is 0 Å². The Morgan fingerprint density at radius 3 is 0.955 bits per heavy atom. The summed E-state index contributed by atoms with van der Waals surface area (Å²) in [5.41, 5.74) is 0. The third-order valence-electron chi connectivity index (χ3n) is 10.7. The molecule has 0 aromatic heterocycles. The van der Waals surface area contributed by atoms with E-state index in [1.54, 1.807) is 6.42 Å². The van der Waals surface area contributed by atoms with Crippen LogP contribution in [0.2, 0.25) is 87.6 Å². The molecule has 0 spiro atoms. The fourth-order valence-electron chi connectivity index (χ4n) is 9.11. The summed E-state index contributed by atoms with van der Waals surface area (Å²) in [6.07, 6.45) is 1.56. The zero-order valence-electron chi connectivity index (χ0n) is 17.8. The van der Waals surface area contributed by atoms with Crippen LogP contribution in [0.25, 0.3) is 0 Å². The lowest BCUT2D eigenvalue weighted by Crippen LogP contribution is -3.00. The molecule has 0 unspecified atom stereocenters. The molecule has 6 heteroatoms. The van der Waals surface area contributed by atoms with Gasteiger partial charge in [-0.2, -0.15) is 0 Å². The summed E-state index contributed by atoms with van der Waals surface area (Å²) >= 11 is 0. The van der Waals surface area contributed by atoms with Crippen LogP contribution in [-0.2, 0) is 0 Å². The van der Waals surface area contributed by atoms with Gasteiger partial charge in [0.1, 0.15) is 0 Å². The van der Waals surface area contributed by atoms with E-state index in [2.05, 4.69) is 85.5 Å². The van der Waals surface area contributed by atoms with Gasteiger partial charge in [0.2, 0.25) is 0 Å². The summed E-state index contributed by atoms with van der Waals surface area (Å²) in [5, 5.41) is 0. The molecule has 0 aromatic carbocycles.